The lowest BCUT2D eigenvalue weighted by Gasteiger charge is -2.36. The van der Waals surface area contributed by atoms with Gasteiger partial charge in [0.05, 0.1) is 22.9 Å². The molecule has 1 aromatic heterocycles. The molecule has 0 saturated heterocycles. The lowest BCUT2D eigenvalue weighted by molar-refractivity contribution is -0.253. The third-order valence-corrected chi connectivity index (χ3v) is 6.70. The molecule has 1 aliphatic rings. The Morgan fingerprint density at radius 1 is 1.13 bits per heavy atom. The molecule has 0 bridgehead atoms. The highest BCUT2D eigenvalue weighted by atomic mass is 35.5. The first kappa shape index (κ1) is 28.6. The van der Waals surface area contributed by atoms with Crippen LogP contribution in [0, 0.1) is 5.82 Å². The second kappa shape index (κ2) is 11.7. The lowest BCUT2D eigenvalue weighted by atomic mass is 9.80. The van der Waals surface area contributed by atoms with Crippen molar-refractivity contribution in [2.45, 2.75) is 55.9 Å². The number of benzene rings is 2. The van der Waals surface area contributed by atoms with Crippen LogP contribution >= 0.6 is 11.6 Å². The number of hydrogen-bond donors (Lipinski definition) is 3. The molecule has 12 heteroatoms. The molecular weight excluding hydrogens is 545 g/mol. The van der Waals surface area contributed by atoms with Crippen molar-refractivity contribution in [2.75, 3.05) is 0 Å². The largest absolute Gasteiger partial charge is 0.461 e. The van der Waals surface area contributed by atoms with Crippen LogP contribution in [0.5, 0.6) is 5.75 Å². The number of amides is 2. The van der Waals surface area contributed by atoms with E-state index in [1.54, 1.807) is 30.3 Å². The number of rotatable bonds is 9. The number of nitrogens with one attached hydrogen (secondary N) is 2. The monoisotopic (exact) mass is 569 g/mol. The molecule has 0 aliphatic heterocycles. The van der Waals surface area contributed by atoms with Gasteiger partial charge in [0, 0.05) is 18.7 Å². The molecule has 0 radical (unpaired) electrons. The predicted molar refractivity (Wildman–Crippen MR) is 133 cm³/mol. The lowest BCUT2D eigenvalue weighted by Crippen LogP contribution is -2.55. The van der Waals surface area contributed by atoms with Crippen molar-refractivity contribution >= 4 is 17.6 Å². The normalized spacial score (nSPS) is 19.0. The van der Waals surface area contributed by atoms with Crippen LogP contribution in [0.1, 0.15) is 36.1 Å². The second-order valence-corrected chi connectivity index (χ2v) is 9.71. The van der Waals surface area contributed by atoms with E-state index in [1.165, 1.54) is 18.3 Å². The summed E-state index contributed by atoms with van der Waals surface area (Å²) in [6, 6.07) is 12.8. The molecule has 2 aromatic carbocycles. The first-order chi connectivity index (χ1) is 18.5. The van der Waals surface area contributed by atoms with E-state index in [1.807, 2.05) is 0 Å². The maximum Gasteiger partial charge on any atom is 0.461 e. The van der Waals surface area contributed by atoms with Gasteiger partial charge in [-0.15, -0.1) is 0 Å². The number of urea groups is 1. The van der Waals surface area contributed by atoms with Crippen LogP contribution in [0.4, 0.5) is 26.7 Å². The number of hydrogen-bond acceptors (Lipinski definition) is 4. The van der Waals surface area contributed by atoms with Crippen LogP contribution in [0.2, 0.25) is 5.02 Å². The van der Waals surface area contributed by atoms with Gasteiger partial charge in [-0.05, 0) is 54.7 Å². The molecular formula is C27H25ClF5N3O3. The van der Waals surface area contributed by atoms with Gasteiger partial charge in [0.2, 0.25) is 0 Å². The van der Waals surface area contributed by atoms with E-state index in [2.05, 4.69) is 20.4 Å². The zero-order chi connectivity index (χ0) is 28.2. The quantitative estimate of drug-likeness (QED) is 0.284. The van der Waals surface area contributed by atoms with Gasteiger partial charge in [-0.1, -0.05) is 41.9 Å². The van der Waals surface area contributed by atoms with Crippen molar-refractivity contribution in [2.24, 2.45) is 0 Å². The van der Waals surface area contributed by atoms with Gasteiger partial charge in [0.15, 0.2) is 0 Å². The summed E-state index contributed by atoms with van der Waals surface area (Å²) in [5.74, 6) is -1.96. The summed E-state index contributed by atoms with van der Waals surface area (Å²) in [4.78, 5) is 17.7. The number of alkyl halides is 4. The number of pyridine rings is 1. The van der Waals surface area contributed by atoms with Gasteiger partial charge in [-0.3, -0.25) is 4.98 Å². The molecule has 39 heavy (non-hydrogen) atoms. The highest BCUT2D eigenvalue weighted by Gasteiger charge is 2.45. The molecule has 3 unspecified atom stereocenters. The van der Waals surface area contributed by atoms with Gasteiger partial charge in [0.1, 0.15) is 17.1 Å². The van der Waals surface area contributed by atoms with Crippen LogP contribution in [-0.2, 0) is 12.0 Å². The summed E-state index contributed by atoms with van der Waals surface area (Å²) in [5.41, 5.74) is -1.04. The first-order valence-corrected chi connectivity index (χ1v) is 12.4. The molecule has 1 aliphatic carbocycles. The highest BCUT2D eigenvalue weighted by Crippen LogP contribution is 2.37. The summed E-state index contributed by atoms with van der Waals surface area (Å²) < 4.78 is 72.2. The number of carbonyl (C=O) groups excluding carboxylic acids is 1. The van der Waals surface area contributed by atoms with E-state index in [4.69, 9.17) is 11.6 Å². The Kier molecular flexibility index (Phi) is 8.60. The van der Waals surface area contributed by atoms with Crippen molar-refractivity contribution in [3.63, 3.8) is 0 Å². The number of aromatic nitrogens is 1. The molecule has 1 heterocycles. The van der Waals surface area contributed by atoms with Crippen LogP contribution in [-0.4, -0.2) is 40.8 Å². The Bertz CT molecular complexity index is 1280. The van der Waals surface area contributed by atoms with E-state index >= 15 is 0 Å². The summed E-state index contributed by atoms with van der Waals surface area (Å²) in [6.07, 6.45) is -6.87. The molecule has 208 valence electrons. The molecule has 1 saturated carbocycles. The van der Waals surface area contributed by atoms with E-state index in [0.29, 0.717) is 30.9 Å². The zero-order valence-corrected chi connectivity index (χ0v) is 21.1. The fourth-order valence-electron chi connectivity index (χ4n) is 4.63. The van der Waals surface area contributed by atoms with Crippen molar-refractivity contribution in [3.05, 3.63) is 94.5 Å². The molecule has 6 nitrogen and oxygen atoms in total. The fourth-order valence-corrected chi connectivity index (χ4v) is 4.74. The van der Waals surface area contributed by atoms with Gasteiger partial charge < -0.3 is 20.5 Å². The van der Waals surface area contributed by atoms with Gasteiger partial charge in [-0.2, -0.15) is 17.6 Å². The molecule has 4 rings (SSSR count). The predicted octanol–water partition coefficient (Wildman–Crippen LogP) is 5.81. The minimum atomic E-state index is -4.89. The van der Waals surface area contributed by atoms with E-state index < -0.39 is 47.8 Å². The van der Waals surface area contributed by atoms with Crippen LogP contribution < -0.4 is 15.4 Å². The highest BCUT2D eigenvalue weighted by molar-refractivity contribution is 6.30. The zero-order valence-electron chi connectivity index (χ0n) is 20.4. The molecule has 3 N–H and O–H groups in total. The van der Waals surface area contributed by atoms with Crippen molar-refractivity contribution in [3.8, 4) is 5.75 Å². The molecule has 0 spiro atoms. The number of carbonyl (C=O) groups is 1. The number of nitrogens with zero attached hydrogens (tertiary/aromatic N) is 1. The van der Waals surface area contributed by atoms with Gasteiger partial charge in [-0.25, -0.2) is 9.18 Å². The molecule has 2 amide bonds. The second-order valence-electron chi connectivity index (χ2n) is 9.27. The Morgan fingerprint density at radius 3 is 2.49 bits per heavy atom. The summed E-state index contributed by atoms with van der Waals surface area (Å²) in [7, 11) is 0. The number of ether oxygens (including phenoxy) is 1. The molecule has 3 atom stereocenters. The molecule has 3 aromatic rings. The maximum atomic E-state index is 14.9. The van der Waals surface area contributed by atoms with E-state index in [9.17, 15) is 31.9 Å². The Hall–Kier alpha value is -3.44. The average molecular weight is 570 g/mol. The van der Waals surface area contributed by atoms with E-state index in [0.717, 1.165) is 12.1 Å². The summed E-state index contributed by atoms with van der Waals surface area (Å²) in [6.45, 7) is 0. The molecule has 1 fully saturated rings. The van der Waals surface area contributed by atoms with Crippen LogP contribution in [0.3, 0.4) is 0 Å². The van der Waals surface area contributed by atoms with Crippen molar-refractivity contribution < 1.29 is 36.6 Å². The average Bonchev–Trinajstić information content (AvgIpc) is 3.27. The SMILES string of the molecule is O=C(NC1CCCC1O)NC(Cc1ccccc1)(c1cc(F)cc(OC(F)(F)C(F)F)c1)c1ccc(Cl)cn1. The minimum Gasteiger partial charge on any atom is -0.428 e. The minimum absolute atomic E-state index is 0.0583. The van der Waals surface area contributed by atoms with Gasteiger partial charge >= 0.3 is 18.6 Å². The van der Waals surface area contributed by atoms with Gasteiger partial charge in [0.25, 0.3) is 0 Å². The maximum absolute atomic E-state index is 14.9. The van der Waals surface area contributed by atoms with Crippen LogP contribution in [0.25, 0.3) is 0 Å². The van der Waals surface area contributed by atoms with Crippen LogP contribution in [0.15, 0.2) is 66.9 Å². The Morgan fingerprint density at radius 2 is 1.87 bits per heavy atom. The number of aliphatic hydroxyl groups excluding tert-OH is 1. The van der Waals surface area contributed by atoms with Crippen molar-refractivity contribution in [1.29, 1.82) is 0 Å². The number of halogens is 6. The topological polar surface area (TPSA) is 83.5 Å². The standard InChI is InChI=1S/C27H25ClF5N3O3/c28-18-9-10-23(34-15-18)26(14-16-5-2-1-3-6-16,36-25(38)35-21-7-4-8-22(21)37)17-11-19(29)13-20(12-17)39-27(32,33)24(30)31/h1-3,5-6,9-13,15,21-22,24,37H,4,7-8,14H2,(H2,35,36,38). The van der Waals surface area contributed by atoms with Crippen molar-refractivity contribution in [1.82, 2.24) is 15.6 Å². The first-order valence-electron chi connectivity index (χ1n) is 12.1. The third-order valence-electron chi connectivity index (χ3n) is 6.47. The Labute approximate surface area is 226 Å². The Balaban J connectivity index is 1.86. The summed E-state index contributed by atoms with van der Waals surface area (Å²) >= 11 is 6.03. The fraction of sp³-hybridized carbons (Fsp3) is 0.333. The smallest absolute Gasteiger partial charge is 0.428 e. The third kappa shape index (κ3) is 6.77. The summed E-state index contributed by atoms with van der Waals surface area (Å²) in [5, 5.41) is 15.9. The number of aliphatic hydroxyl groups is 1. The van der Waals surface area contributed by atoms with E-state index in [-0.39, 0.29) is 22.7 Å².